The Labute approximate surface area is 143 Å². The molecule has 122 valence electrons. The van der Waals surface area contributed by atoms with Gasteiger partial charge in [0, 0.05) is 11.9 Å². The number of anilines is 1. The number of pyridine rings is 1. The van der Waals surface area contributed by atoms with Crippen LogP contribution in [0.5, 0.6) is 0 Å². The number of hydrogen-bond donors (Lipinski definition) is 1. The van der Waals surface area contributed by atoms with Crippen molar-refractivity contribution in [2.75, 3.05) is 11.1 Å². The number of benzene rings is 1. The first-order valence-corrected chi connectivity index (χ1v) is 8.37. The molecule has 3 aromatic rings. The molecule has 1 N–H and O–H groups in total. The van der Waals surface area contributed by atoms with Crippen LogP contribution in [0.25, 0.3) is 5.65 Å². The molecule has 0 aliphatic rings. The number of carbonyl (C=O) groups is 1. The Hall–Kier alpha value is -2.67. The molecule has 0 aliphatic carbocycles. The maximum absolute atomic E-state index is 12.0. The van der Waals surface area contributed by atoms with Crippen molar-refractivity contribution in [3.05, 3.63) is 64.2 Å². The van der Waals surface area contributed by atoms with Crippen LogP contribution in [0.3, 0.4) is 0 Å². The number of fused-ring (bicyclic) bond motifs is 1. The summed E-state index contributed by atoms with van der Waals surface area (Å²) in [5.41, 5.74) is 2.90. The van der Waals surface area contributed by atoms with Crippen LogP contribution in [-0.4, -0.2) is 26.0 Å². The monoisotopic (exact) mass is 340 g/mol. The first-order valence-electron chi connectivity index (χ1n) is 7.38. The Morgan fingerprint density at radius 2 is 1.92 bits per heavy atom. The fourth-order valence-electron chi connectivity index (χ4n) is 2.18. The molecule has 0 unspecified atom stereocenters. The van der Waals surface area contributed by atoms with Crippen LogP contribution in [0.1, 0.15) is 11.1 Å². The second-order valence-corrected chi connectivity index (χ2v) is 6.32. The minimum atomic E-state index is -0.398. The summed E-state index contributed by atoms with van der Waals surface area (Å²) in [7, 11) is 0. The zero-order valence-corrected chi connectivity index (χ0v) is 14.1. The minimum Gasteiger partial charge on any atom is -0.325 e. The number of aryl methyl sites for hydroxylation is 2. The van der Waals surface area contributed by atoms with Crippen LogP contribution < -0.4 is 11.0 Å². The lowest BCUT2D eigenvalue weighted by molar-refractivity contribution is -0.113. The number of hydrogen-bond acceptors (Lipinski definition) is 5. The molecule has 0 atom stereocenters. The molecule has 7 heteroatoms. The molecule has 0 spiro atoms. The van der Waals surface area contributed by atoms with E-state index in [1.54, 1.807) is 12.3 Å². The van der Waals surface area contributed by atoms with Crippen LogP contribution >= 0.6 is 11.8 Å². The summed E-state index contributed by atoms with van der Waals surface area (Å²) < 4.78 is 1.39. The number of nitrogens with zero attached hydrogens (tertiary/aromatic N) is 3. The Balaban J connectivity index is 1.71. The SMILES string of the molecule is Cc1ccc(NC(=O)CSc2nc(=O)n3cccc(C)c3n2)cc1. The normalized spacial score (nSPS) is 10.8. The Morgan fingerprint density at radius 3 is 2.67 bits per heavy atom. The largest absolute Gasteiger partial charge is 0.355 e. The van der Waals surface area contributed by atoms with E-state index >= 15 is 0 Å². The molecular weight excluding hydrogens is 324 g/mol. The summed E-state index contributed by atoms with van der Waals surface area (Å²) in [6, 6.07) is 11.2. The van der Waals surface area contributed by atoms with E-state index in [9.17, 15) is 9.59 Å². The molecule has 0 bridgehead atoms. The van der Waals surface area contributed by atoms with Gasteiger partial charge in [-0.3, -0.25) is 9.20 Å². The second kappa shape index (κ2) is 6.84. The van der Waals surface area contributed by atoms with Gasteiger partial charge in [-0.15, -0.1) is 0 Å². The lowest BCUT2D eigenvalue weighted by atomic mass is 10.2. The van der Waals surface area contributed by atoms with Crippen molar-refractivity contribution in [1.29, 1.82) is 0 Å². The van der Waals surface area contributed by atoms with Gasteiger partial charge in [0.05, 0.1) is 5.75 Å². The van der Waals surface area contributed by atoms with Crippen molar-refractivity contribution < 1.29 is 4.79 Å². The van der Waals surface area contributed by atoms with Gasteiger partial charge in [-0.05, 0) is 37.6 Å². The van der Waals surface area contributed by atoms with Gasteiger partial charge in [0.2, 0.25) is 5.91 Å². The highest BCUT2D eigenvalue weighted by Crippen LogP contribution is 2.15. The molecule has 1 aromatic carbocycles. The molecule has 0 fully saturated rings. The van der Waals surface area contributed by atoms with Crippen LogP contribution in [0.2, 0.25) is 0 Å². The number of aromatic nitrogens is 3. The summed E-state index contributed by atoms with van der Waals surface area (Å²) in [5, 5.41) is 3.10. The number of nitrogens with one attached hydrogen (secondary N) is 1. The van der Waals surface area contributed by atoms with Crippen molar-refractivity contribution in [3.63, 3.8) is 0 Å². The topological polar surface area (TPSA) is 76.4 Å². The van der Waals surface area contributed by atoms with E-state index < -0.39 is 5.69 Å². The van der Waals surface area contributed by atoms with Crippen LogP contribution in [-0.2, 0) is 4.79 Å². The number of carbonyl (C=O) groups excluding carboxylic acids is 1. The molecule has 24 heavy (non-hydrogen) atoms. The fraction of sp³-hybridized carbons (Fsp3) is 0.176. The number of rotatable bonds is 4. The highest BCUT2D eigenvalue weighted by Gasteiger charge is 2.09. The molecule has 0 aliphatic heterocycles. The summed E-state index contributed by atoms with van der Waals surface area (Å²) in [6.07, 6.45) is 1.63. The molecule has 2 heterocycles. The molecule has 2 aromatic heterocycles. The Bertz CT molecular complexity index is 951. The van der Waals surface area contributed by atoms with Gasteiger partial charge in [-0.2, -0.15) is 4.98 Å². The molecule has 6 nitrogen and oxygen atoms in total. The lowest BCUT2D eigenvalue weighted by Gasteiger charge is -2.06. The maximum Gasteiger partial charge on any atom is 0.355 e. The molecule has 0 saturated heterocycles. The van der Waals surface area contributed by atoms with Crippen LogP contribution in [0.4, 0.5) is 5.69 Å². The third kappa shape index (κ3) is 3.62. The third-order valence-electron chi connectivity index (χ3n) is 3.43. The van der Waals surface area contributed by atoms with E-state index in [1.165, 1.54) is 4.40 Å². The van der Waals surface area contributed by atoms with Crippen LogP contribution in [0.15, 0.2) is 52.5 Å². The predicted molar refractivity (Wildman–Crippen MR) is 94.5 cm³/mol. The van der Waals surface area contributed by atoms with E-state index in [1.807, 2.05) is 44.2 Å². The number of amides is 1. The van der Waals surface area contributed by atoms with E-state index in [-0.39, 0.29) is 11.7 Å². The average Bonchev–Trinajstić information content (AvgIpc) is 2.56. The maximum atomic E-state index is 12.0. The highest BCUT2D eigenvalue weighted by atomic mass is 32.2. The molecule has 0 saturated carbocycles. The van der Waals surface area contributed by atoms with Crippen molar-refractivity contribution >= 4 is 29.0 Å². The third-order valence-corrected chi connectivity index (χ3v) is 4.28. The van der Waals surface area contributed by atoms with Gasteiger partial charge in [0.25, 0.3) is 0 Å². The van der Waals surface area contributed by atoms with Crippen molar-refractivity contribution in [2.24, 2.45) is 0 Å². The van der Waals surface area contributed by atoms with Gasteiger partial charge in [-0.1, -0.05) is 35.5 Å². The summed E-state index contributed by atoms with van der Waals surface area (Å²) in [4.78, 5) is 32.3. The van der Waals surface area contributed by atoms with E-state index in [0.717, 1.165) is 28.6 Å². The summed E-state index contributed by atoms with van der Waals surface area (Å²) in [5.74, 6) is -0.0347. The zero-order valence-electron chi connectivity index (χ0n) is 13.3. The van der Waals surface area contributed by atoms with Gasteiger partial charge in [0.1, 0.15) is 5.65 Å². The smallest absolute Gasteiger partial charge is 0.325 e. The summed E-state index contributed by atoms with van der Waals surface area (Å²) >= 11 is 1.14. The van der Waals surface area contributed by atoms with Crippen molar-refractivity contribution in [1.82, 2.24) is 14.4 Å². The molecule has 3 rings (SSSR count). The Kier molecular flexibility index (Phi) is 4.61. The Morgan fingerprint density at radius 1 is 1.17 bits per heavy atom. The predicted octanol–water partition coefficient (Wildman–Crippen LogP) is 2.44. The zero-order chi connectivity index (χ0) is 17.1. The minimum absolute atomic E-state index is 0.134. The van der Waals surface area contributed by atoms with Gasteiger partial charge in [-0.25, -0.2) is 9.78 Å². The van der Waals surface area contributed by atoms with Crippen LogP contribution in [0, 0.1) is 13.8 Å². The quantitative estimate of drug-likeness (QED) is 0.738. The lowest BCUT2D eigenvalue weighted by Crippen LogP contribution is -2.20. The molecule has 1 amide bonds. The van der Waals surface area contributed by atoms with Gasteiger partial charge < -0.3 is 5.32 Å². The van der Waals surface area contributed by atoms with Crippen molar-refractivity contribution in [3.8, 4) is 0 Å². The average molecular weight is 340 g/mol. The molecular formula is C17H16N4O2S. The van der Waals surface area contributed by atoms with E-state index in [2.05, 4.69) is 15.3 Å². The van der Waals surface area contributed by atoms with E-state index in [4.69, 9.17) is 0 Å². The number of thioether (sulfide) groups is 1. The summed E-state index contributed by atoms with van der Waals surface area (Å²) in [6.45, 7) is 3.86. The van der Waals surface area contributed by atoms with Crippen molar-refractivity contribution in [2.45, 2.75) is 19.0 Å². The highest BCUT2D eigenvalue weighted by molar-refractivity contribution is 7.99. The van der Waals surface area contributed by atoms with E-state index in [0.29, 0.717) is 10.8 Å². The fourth-order valence-corrected chi connectivity index (χ4v) is 2.81. The first-order chi connectivity index (χ1) is 11.5. The first kappa shape index (κ1) is 16.2. The second-order valence-electron chi connectivity index (χ2n) is 5.38. The standard InChI is InChI=1S/C17H16N4O2S/c1-11-5-7-13(8-6-11)18-14(22)10-24-16-19-15-12(2)4-3-9-21(15)17(23)20-16/h3-9H,10H2,1-2H3,(H,18,22). The van der Waals surface area contributed by atoms with Gasteiger partial charge in [0.15, 0.2) is 5.16 Å². The van der Waals surface area contributed by atoms with Gasteiger partial charge >= 0.3 is 5.69 Å². The molecule has 0 radical (unpaired) electrons.